The molecule has 5 nitrogen and oxygen atoms in total. The maximum atomic E-state index is 10.9. The third-order valence-electron chi connectivity index (χ3n) is 2.19. The quantitative estimate of drug-likeness (QED) is 0.793. The van der Waals surface area contributed by atoms with Crippen molar-refractivity contribution in [2.75, 3.05) is 5.73 Å². The molecule has 0 aliphatic heterocycles. The molecule has 0 radical (unpaired) electrons. The fourth-order valence-electron chi connectivity index (χ4n) is 1.33. The molecule has 1 aromatic heterocycles. The number of aromatic nitrogens is 1. The monoisotopic (exact) mass is 217 g/mol. The van der Waals surface area contributed by atoms with Crippen molar-refractivity contribution < 1.29 is 9.21 Å². The number of amides is 1. The molecule has 4 N–H and O–H groups in total. The molecule has 16 heavy (non-hydrogen) atoms. The van der Waals surface area contributed by atoms with Crippen LogP contribution in [0, 0.1) is 6.92 Å². The second kappa shape index (κ2) is 3.69. The minimum absolute atomic E-state index is 0.0319. The van der Waals surface area contributed by atoms with Gasteiger partial charge < -0.3 is 15.9 Å². The van der Waals surface area contributed by atoms with Crippen molar-refractivity contribution in [3.05, 3.63) is 35.5 Å². The number of nitrogen functional groups attached to an aromatic ring is 1. The lowest BCUT2D eigenvalue weighted by atomic mass is 10.1. The third-order valence-corrected chi connectivity index (χ3v) is 2.19. The number of hydrogen-bond acceptors (Lipinski definition) is 4. The second-order valence-electron chi connectivity index (χ2n) is 3.46. The van der Waals surface area contributed by atoms with Gasteiger partial charge in [0.1, 0.15) is 0 Å². The van der Waals surface area contributed by atoms with Gasteiger partial charge in [-0.3, -0.25) is 4.79 Å². The number of carbonyl (C=O) groups is 1. The third kappa shape index (κ3) is 1.75. The van der Waals surface area contributed by atoms with Gasteiger partial charge in [-0.05, 0) is 19.1 Å². The Bertz CT molecular complexity index is 529. The van der Waals surface area contributed by atoms with Gasteiger partial charge in [0, 0.05) is 5.56 Å². The molecule has 1 heterocycles. The van der Waals surface area contributed by atoms with E-state index in [9.17, 15) is 4.79 Å². The van der Waals surface area contributed by atoms with E-state index >= 15 is 0 Å². The van der Waals surface area contributed by atoms with E-state index in [-0.39, 0.29) is 11.6 Å². The van der Waals surface area contributed by atoms with Crippen LogP contribution in [0.15, 0.2) is 28.7 Å². The molecule has 0 unspecified atom stereocenters. The van der Waals surface area contributed by atoms with Crippen LogP contribution in [0.3, 0.4) is 0 Å². The Morgan fingerprint density at radius 3 is 2.44 bits per heavy atom. The number of carbonyl (C=O) groups excluding carboxylic acids is 1. The maximum Gasteiger partial charge on any atom is 0.273 e. The number of benzene rings is 1. The molecule has 0 saturated carbocycles. The molecule has 82 valence electrons. The predicted octanol–water partition coefficient (Wildman–Crippen LogP) is 1.33. The summed E-state index contributed by atoms with van der Waals surface area (Å²) in [5.74, 6) is -0.450. The highest BCUT2D eigenvalue weighted by Gasteiger charge is 2.15. The van der Waals surface area contributed by atoms with Gasteiger partial charge in [-0.25, -0.2) is 4.98 Å². The van der Waals surface area contributed by atoms with Crippen molar-refractivity contribution in [2.45, 2.75) is 6.92 Å². The summed E-state index contributed by atoms with van der Waals surface area (Å²) >= 11 is 0. The molecule has 1 amide bonds. The maximum absolute atomic E-state index is 10.9. The summed E-state index contributed by atoms with van der Waals surface area (Å²) in [5.41, 5.74) is 12.4. The molecule has 1 aromatic carbocycles. The van der Waals surface area contributed by atoms with Crippen molar-refractivity contribution in [1.82, 2.24) is 4.98 Å². The molecule has 0 aliphatic carbocycles. The van der Waals surface area contributed by atoms with Crippen LogP contribution in [0.1, 0.15) is 16.1 Å². The number of aryl methyl sites for hydroxylation is 1. The molecule has 0 fully saturated rings. The standard InChI is InChI=1S/C11H11N3O2/c1-6-2-4-7(5-3-6)11-14-8(9(12)15)10(13)16-11/h2-5H,13H2,1H3,(H2,12,15). The lowest BCUT2D eigenvalue weighted by Gasteiger charge is -1.95. The predicted molar refractivity (Wildman–Crippen MR) is 59.6 cm³/mol. The molecule has 2 aromatic rings. The Hall–Kier alpha value is -2.30. The van der Waals surface area contributed by atoms with Gasteiger partial charge in [0.15, 0.2) is 5.69 Å². The van der Waals surface area contributed by atoms with E-state index in [0.29, 0.717) is 5.89 Å². The number of nitrogens with two attached hydrogens (primary N) is 2. The number of nitrogens with zero attached hydrogens (tertiary/aromatic N) is 1. The zero-order valence-electron chi connectivity index (χ0n) is 8.73. The van der Waals surface area contributed by atoms with Crippen LogP contribution in [0.2, 0.25) is 0 Å². The fourth-order valence-corrected chi connectivity index (χ4v) is 1.33. The van der Waals surface area contributed by atoms with Crippen molar-refractivity contribution >= 4 is 11.8 Å². The SMILES string of the molecule is Cc1ccc(-c2nc(C(N)=O)c(N)o2)cc1. The van der Waals surface area contributed by atoms with Crippen molar-refractivity contribution in [3.63, 3.8) is 0 Å². The number of rotatable bonds is 2. The van der Waals surface area contributed by atoms with Crippen LogP contribution in [0.4, 0.5) is 5.88 Å². The average molecular weight is 217 g/mol. The highest BCUT2D eigenvalue weighted by molar-refractivity contribution is 5.95. The van der Waals surface area contributed by atoms with Gasteiger partial charge >= 0.3 is 0 Å². The molecule has 2 rings (SSSR count). The van der Waals surface area contributed by atoms with Crippen molar-refractivity contribution in [2.24, 2.45) is 5.73 Å². The molecular formula is C11H11N3O2. The summed E-state index contributed by atoms with van der Waals surface area (Å²) in [4.78, 5) is 14.9. The smallest absolute Gasteiger partial charge is 0.273 e. The Labute approximate surface area is 92.1 Å². The molecule has 0 saturated heterocycles. The number of primary amides is 1. The summed E-state index contributed by atoms with van der Waals surface area (Å²) in [7, 11) is 0. The summed E-state index contributed by atoms with van der Waals surface area (Å²) in [6.45, 7) is 1.97. The zero-order valence-corrected chi connectivity index (χ0v) is 8.73. The van der Waals surface area contributed by atoms with Crippen molar-refractivity contribution in [3.8, 4) is 11.5 Å². The largest absolute Gasteiger partial charge is 0.420 e. The van der Waals surface area contributed by atoms with Gasteiger partial charge in [0.25, 0.3) is 5.91 Å². The summed E-state index contributed by atoms with van der Waals surface area (Å²) in [5, 5.41) is 0. The number of oxazole rings is 1. The Balaban J connectivity index is 2.45. The van der Waals surface area contributed by atoms with Crippen LogP contribution >= 0.6 is 0 Å². The van der Waals surface area contributed by atoms with Gasteiger partial charge in [-0.15, -0.1) is 0 Å². The van der Waals surface area contributed by atoms with Crippen molar-refractivity contribution in [1.29, 1.82) is 0 Å². The van der Waals surface area contributed by atoms with Gasteiger partial charge in [0.05, 0.1) is 0 Å². The second-order valence-corrected chi connectivity index (χ2v) is 3.46. The Kier molecular flexibility index (Phi) is 2.36. The highest BCUT2D eigenvalue weighted by Crippen LogP contribution is 2.23. The number of anilines is 1. The molecule has 0 atom stereocenters. The van der Waals surface area contributed by atoms with Crippen LogP contribution in [0.25, 0.3) is 11.5 Å². The molecule has 0 aliphatic rings. The lowest BCUT2D eigenvalue weighted by molar-refractivity contribution is 0.0996. The van der Waals surface area contributed by atoms with Crippen LogP contribution in [-0.4, -0.2) is 10.9 Å². The molecular weight excluding hydrogens is 206 g/mol. The fraction of sp³-hybridized carbons (Fsp3) is 0.0909. The normalized spacial score (nSPS) is 10.3. The Morgan fingerprint density at radius 1 is 1.31 bits per heavy atom. The number of hydrogen-bond donors (Lipinski definition) is 2. The lowest BCUT2D eigenvalue weighted by Crippen LogP contribution is -2.13. The van der Waals surface area contributed by atoms with E-state index in [1.165, 1.54) is 0 Å². The molecule has 0 spiro atoms. The summed E-state index contributed by atoms with van der Waals surface area (Å²) < 4.78 is 5.17. The van der Waals surface area contributed by atoms with Gasteiger partial charge in [-0.2, -0.15) is 0 Å². The van der Waals surface area contributed by atoms with E-state index in [4.69, 9.17) is 15.9 Å². The van der Waals surface area contributed by atoms with Crippen LogP contribution in [0.5, 0.6) is 0 Å². The first-order chi connectivity index (χ1) is 7.58. The first-order valence-corrected chi connectivity index (χ1v) is 4.71. The Morgan fingerprint density at radius 2 is 1.94 bits per heavy atom. The topological polar surface area (TPSA) is 95.1 Å². The average Bonchev–Trinajstić information content (AvgIpc) is 2.61. The van der Waals surface area contributed by atoms with Gasteiger partial charge in [-0.1, -0.05) is 17.7 Å². The van der Waals surface area contributed by atoms with E-state index in [0.717, 1.165) is 11.1 Å². The van der Waals surface area contributed by atoms with E-state index in [1.54, 1.807) is 0 Å². The first kappa shape index (κ1) is 10.2. The summed E-state index contributed by atoms with van der Waals surface area (Å²) in [6, 6.07) is 7.51. The molecule has 5 heteroatoms. The first-order valence-electron chi connectivity index (χ1n) is 4.71. The minimum atomic E-state index is -0.695. The van der Waals surface area contributed by atoms with Gasteiger partial charge in [0.2, 0.25) is 11.8 Å². The minimum Gasteiger partial charge on any atom is -0.420 e. The van der Waals surface area contributed by atoms with E-state index < -0.39 is 5.91 Å². The van der Waals surface area contributed by atoms with Crippen LogP contribution in [-0.2, 0) is 0 Å². The van der Waals surface area contributed by atoms with E-state index in [2.05, 4.69) is 4.98 Å². The highest BCUT2D eigenvalue weighted by atomic mass is 16.4. The van der Waals surface area contributed by atoms with Crippen LogP contribution < -0.4 is 11.5 Å². The van der Waals surface area contributed by atoms with E-state index in [1.807, 2.05) is 31.2 Å². The zero-order chi connectivity index (χ0) is 11.7. The summed E-state index contributed by atoms with van der Waals surface area (Å²) in [6.07, 6.45) is 0. The molecule has 0 bridgehead atoms.